The van der Waals surface area contributed by atoms with Crippen molar-refractivity contribution in [1.29, 1.82) is 5.41 Å². The smallest absolute Gasteiger partial charge is 0.352 e. The standard InChI is InChI=1S/C15H21N3O4/c1-7(19)12-11-5-10(9-3-4-17(6-9)8(2)16)13(15(21)22)18(11)14(12)20/h7,9,11-12,16,19H,3-6H2,1-2H3,(H,21,22)/t7-,9-,11-,12-/m1/s1. The lowest BCUT2D eigenvalue weighted by atomic mass is 9.82. The van der Waals surface area contributed by atoms with Gasteiger partial charge in [-0.05, 0) is 32.3 Å². The molecule has 1 amide bonds. The number of aliphatic carboxylic acids is 1. The van der Waals surface area contributed by atoms with Crippen LogP contribution in [0.4, 0.5) is 0 Å². The minimum Gasteiger partial charge on any atom is -0.477 e. The molecule has 0 aromatic carbocycles. The Morgan fingerprint density at radius 2 is 2.14 bits per heavy atom. The largest absolute Gasteiger partial charge is 0.477 e. The third-order valence-electron chi connectivity index (χ3n) is 5.12. The molecule has 0 radical (unpaired) electrons. The molecular weight excluding hydrogens is 286 g/mol. The fraction of sp³-hybridized carbons (Fsp3) is 0.667. The zero-order valence-electron chi connectivity index (χ0n) is 12.7. The fourth-order valence-corrected chi connectivity index (χ4v) is 4.02. The van der Waals surface area contributed by atoms with Crippen LogP contribution in [0.15, 0.2) is 11.3 Å². The molecule has 0 spiro atoms. The summed E-state index contributed by atoms with van der Waals surface area (Å²) >= 11 is 0. The molecule has 120 valence electrons. The summed E-state index contributed by atoms with van der Waals surface area (Å²) in [5, 5.41) is 26.9. The van der Waals surface area contributed by atoms with Gasteiger partial charge in [-0.1, -0.05) is 0 Å². The Morgan fingerprint density at radius 1 is 1.45 bits per heavy atom. The van der Waals surface area contributed by atoms with Crippen LogP contribution < -0.4 is 0 Å². The highest BCUT2D eigenvalue weighted by molar-refractivity contribution is 5.99. The SMILES string of the molecule is CC(=N)N1CC[C@@H](C2=C(C(=O)O)N3C(=O)[C@H]([C@@H](C)O)[C@H]3C2)C1. The predicted molar refractivity (Wildman–Crippen MR) is 78.2 cm³/mol. The second kappa shape index (κ2) is 5.08. The van der Waals surface area contributed by atoms with Crippen molar-refractivity contribution >= 4 is 17.7 Å². The van der Waals surface area contributed by atoms with Crippen LogP contribution in [0.5, 0.6) is 0 Å². The van der Waals surface area contributed by atoms with Crippen molar-refractivity contribution in [2.75, 3.05) is 13.1 Å². The van der Waals surface area contributed by atoms with Gasteiger partial charge in [0.25, 0.3) is 0 Å². The van der Waals surface area contributed by atoms with Crippen molar-refractivity contribution in [3.8, 4) is 0 Å². The molecule has 3 rings (SSSR count). The van der Waals surface area contributed by atoms with Gasteiger partial charge in [-0.2, -0.15) is 0 Å². The summed E-state index contributed by atoms with van der Waals surface area (Å²) in [5.74, 6) is -1.29. The lowest BCUT2D eigenvalue weighted by Gasteiger charge is -2.44. The number of carbonyl (C=O) groups is 2. The number of nitrogens with one attached hydrogen (secondary N) is 1. The highest BCUT2D eigenvalue weighted by Gasteiger charge is 2.57. The van der Waals surface area contributed by atoms with E-state index in [-0.39, 0.29) is 23.6 Å². The van der Waals surface area contributed by atoms with Crippen molar-refractivity contribution in [2.24, 2.45) is 11.8 Å². The van der Waals surface area contributed by atoms with E-state index in [0.717, 1.165) is 18.5 Å². The number of hydrogen-bond donors (Lipinski definition) is 3. The highest BCUT2D eigenvalue weighted by Crippen LogP contribution is 2.47. The molecule has 4 atom stereocenters. The molecule has 22 heavy (non-hydrogen) atoms. The number of hydrogen-bond acceptors (Lipinski definition) is 4. The molecule has 3 aliphatic heterocycles. The number of likely N-dealkylation sites (tertiary alicyclic amines) is 1. The van der Waals surface area contributed by atoms with Crippen LogP contribution >= 0.6 is 0 Å². The first-order chi connectivity index (χ1) is 10.3. The zero-order valence-corrected chi connectivity index (χ0v) is 12.7. The van der Waals surface area contributed by atoms with Crippen molar-refractivity contribution < 1.29 is 19.8 Å². The van der Waals surface area contributed by atoms with Gasteiger partial charge in [-0.15, -0.1) is 0 Å². The van der Waals surface area contributed by atoms with Gasteiger partial charge >= 0.3 is 5.97 Å². The predicted octanol–water partition coefficient (Wildman–Crippen LogP) is 0.256. The summed E-state index contributed by atoms with van der Waals surface area (Å²) in [7, 11) is 0. The molecule has 3 heterocycles. The molecule has 3 aliphatic rings. The van der Waals surface area contributed by atoms with Crippen molar-refractivity contribution in [3.63, 3.8) is 0 Å². The number of carbonyl (C=O) groups excluding carboxylic acids is 1. The topological polar surface area (TPSA) is 105 Å². The average molecular weight is 307 g/mol. The first kappa shape index (κ1) is 15.0. The molecule has 3 N–H and O–H groups in total. The summed E-state index contributed by atoms with van der Waals surface area (Å²) in [5.41, 5.74) is 0.916. The van der Waals surface area contributed by atoms with Crippen LogP contribution in [0.1, 0.15) is 26.7 Å². The molecule has 0 saturated carbocycles. The number of β-lactam (4-membered cyclic amide) rings is 1. The van der Waals surface area contributed by atoms with E-state index in [4.69, 9.17) is 5.41 Å². The van der Waals surface area contributed by atoms with Crippen LogP contribution in [0, 0.1) is 17.2 Å². The third-order valence-corrected chi connectivity index (χ3v) is 5.12. The second-order valence-electron chi connectivity index (χ2n) is 6.44. The fourth-order valence-electron chi connectivity index (χ4n) is 4.02. The molecule has 0 aliphatic carbocycles. The molecule has 0 unspecified atom stereocenters. The van der Waals surface area contributed by atoms with Gasteiger partial charge in [-0.25, -0.2) is 4.79 Å². The van der Waals surface area contributed by atoms with Crippen molar-refractivity contribution in [2.45, 2.75) is 38.8 Å². The monoisotopic (exact) mass is 307 g/mol. The molecule has 0 aromatic heterocycles. The number of fused-ring (bicyclic) bond motifs is 1. The Bertz CT molecular complexity index is 583. The van der Waals surface area contributed by atoms with E-state index in [1.54, 1.807) is 13.8 Å². The molecule has 7 nitrogen and oxygen atoms in total. The van der Waals surface area contributed by atoms with Gasteiger partial charge < -0.3 is 20.0 Å². The summed E-state index contributed by atoms with van der Waals surface area (Å²) in [6.07, 6.45) is 0.571. The molecule has 7 heteroatoms. The van der Waals surface area contributed by atoms with Gasteiger partial charge in [0.2, 0.25) is 5.91 Å². The number of carboxylic acids is 1. The highest BCUT2D eigenvalue weighted by atomic mass is 16.4. The number of amides is 1. The summed E-state index contributed by atoms with van der Waals surface area (Å²) in [4.78, 5) is 27.1. The van der Waals surface area contributed by atoms with Gasteiger partial charge in [0, 0.05) is 19.0 Å². The third kappa shape index (κ3) is 2.03. The number of carboxylic acid groups (broad SMARTS) is 1. The first-order valence-electron chi connectivity index (χ1n) is 7.60. The molecule has 2 fully saturated rings. The van der Waals surface area contributed by atoms with Gasteiger partial charge in [0.15, 0.2) is 0 Å². The quantitative estimate of drug-likeness (QED) is 0.394. The van der Waals surface area contributed by atoms with Crippen LogP contribution in [-0.2, 0) is 9.59 Å². The van der Waals surface area contributed by atoms with E-state index in [0.29, 0.717) is 18.8 Å². The van der Waals surface area contributed by atoms with E-state index in [9.17, 15) is 19.8 Å². The van der Waals surface area contributed by atoms with E-state index >= 15 is 0 Å². The summed E-state index contributed by atoms with van der Waals surface area (Å²) in [6, 6.07) is -0.219. The first-order valence-corrected chi connectivity index (χ1v) is 7.60. The van der Waals surface area contributed by atoms with Crippen molar-refractivity contribution in [3.05, 3.63) is 11.3 Å². The zero-order chi connectivity index (χ0) is 16.2. The van der Waals surface area contributed by atoms with E-state index in [2.05, 4.69) is 0 Å². The van der Waals surface area contributed by atoms with Gasteiger partial charge in [0.05, 0.1) is 23.9 Å². The number of amidine groups is 1. The number of nitrogens with zero attached hydrogens (tertiary/aromatic N) is 2. The van der Waals surface area contributed by atoms with E-state index in [1.165, 1.54) is 4.90 Å². The van der Waals surface area contributed by atoms with E-state index in [1.807, 2.05) is 4.90 Å². The van der Waals surface area contributed by atoms with Crippen LogP contribution in [-0.4, -0.2) is 63.0 Å². The van der Waals surface area contributed by atoms with Crippen LogP contribution in [0.3, 0.4) is 0 Å². The molecule has 2 saturated heterocycles. The van der Waals surface area contributed by atoms with Crippen LogP contribution in [0.25, 0.3) is 0 Å². The minimum atomic E-state index is -1.07. The van der Waals surface area contributed by atoms with E-state index < -0.39 is 18.0 Å². The maximum absolute atomic E-state index is 12.2. The minimum absolute atomic E-state index is 0.0689. The lowest BCUT2D eigenvalue weighted by molar-refractivity contribution is -0.161. The Labute approximate surface area is 128 Å². The second-order valence-corrected chi connectivity index (χ2v) is 6.44. The molecule has 0 aromatic rings. The Kier molecular flexibility index (Phi) is 3.47. The lowest BCUT2D eigenvalue weighted by Crippen LogP contribution is -2.61. The van der Waals surface area contributed by atoms with Gasteiger partial charge in [0.1, 0.15) is 5.70 Å². The molecule has 0 bridgehead atoms. The Hall–Kier alpha value is -1.89. The number of rotatable bonds is 3. The molecular formula is C15H21N3O4. The summed E-state index contributed by atoms with van der Waals surface area (Å²) in [6.45, 7) is 4.68. The van der Waals surface area contributed by atoms with Crippen molar-refractivity contribution in [1.82, 2.24) is 9.80 Å². The number of aliphatic hydroxyl groups excluding tert-OH is 1. The van der Waals surface area contributed by atoms with Gasteiger partial charge in [-0.3, -0.25) is 10.2 Å². The van der Waals surface area contributed by atoms with Crippen LogP contribution in [0.2, 0.25) is 0 Å². The maximum Gasteiger partial charge on any atom is 0.352 e. The Balaban J connectivity index is 1.86. The average Bonchev–Trinajstić information content (AvgIpc) is 2.99. The summed E-state index contributed by atoms with van der Waals surface area (Å²) < 4.78 is 0. The maximum atomic E-state index is 12.2. The Morgan fingerprint density at radius 3 is 2.64 bits per heavy atom. The normalized spacial score (nSPS) is 32.1. The number of aliphatic hydroxyl groups is 1.